The van der Waals surface area contributed by atoms with Gasteiger partial charge in [-0.2, -0.15) is 0 Å². The molecule has 1 heterocycles. The number of hydrogen-bond donors (Lipinski definition) is 1. The van der Waals surface area contributed by atoms with Crippen LogP contribution >= 0.6 is 0 Å². The second kappa shape index (κ2) is 6.08. The molecule has 1 aromatic heterocycles. The molecule has 23 heavy (non-hydrogen) atoms. The summed E-state index contributed by atoms with van der Waals surface area (Å²) in [6, 6.07) is 18.3. The molecular formula is C19H18N2O2. The molecule has 3 rings (SSSR count). The first-order chi connectivity index (χ1) is 11.1. The summed E-state index contributed by atoms with van der Waals surface area (Å²) in [5.74, 6) is -0.226. The third kappa shape index (κ3) is 3.01. The number of carboxylic acids is 1. The molecule has 1 N–H and O–H groups in total. The van der Waals surface area contributed by atoms with Gasteiger partial charge in [0, 0.05) is 6.54 Å². The average molecular weight is 306 g/mol. The minimum absolute atomic E-state index is 0.259. The van der Waals surface area contributed by atoms with Gasteiger partial charge in [-0.25, -0.2) is 9.78 Å². The van der Waals surface area contributed by atoms with E-state index in [0.717, 1.165) is 11.1 Å². The predicted octanol–water partition coefficient (Wildman–Crippen LogP) is 3.91. The number of hydrogen-bond acceptors (Lipinski definition) is 2. The smallest absolute Gasteiger partial charge is 0.354 e. The Kier molecular flexibility index (Phi) is 3.98. The molecule has 0 unspecified atom stereocenters. The molecule has 0 bridgehead atoms. The zero-order valence-corrected chi connectivity index (χ0v) is 13.2. The van der Waals surface area contributed by atoms with Crippen molar-refractivity contribution in [2.24, 2.45) is 0 Å². The highest BCUT2D eigenvalue weighted by Crippen LogP contribution is 2.20. The predicted molar refractivity (Wildman–Crippen MR) is 89.6 cm³/mol. The molecule has 116 valence electrons. The Hall–Kier alpha value is -2.88. The molecule has 0 aliphatic heterocycles. The summed E-state index contributed by atoms with van der Waals surface area (Å²) in [6.45, 7) is 4.06. The van der Waals surface area contributed by atoms with E-state index >= 15 is 0 Å². The van der Waals surface area contributed by atoms with Gasteiger partial charge in [0.05, 0.1) is 5.69 Å². The van der Waals surface area contributed by atoms with Gasteiger partial charge in [0.25, 0.3) is 0 Å². The standard InChI is InChI=1S/C19H18N2O2/c1-13-18(19(22)23)21(14(2)20-13)12-15-8-10-17(11-9-15)16-6-4-3-5-7-16/h3-11H,12H2,1-2H3,(H,22,23). The van der Waals surface area contributed by atoms with E-state index in [0.29, 0.717) is 18.1 Å². The number of rotatable bonds is 4. The number of nitrogens with zero attached hydrogens (tertiary/aromatic N) is 2. The average Bonchev–Trinajstić information content (AvgIpc) is 2.83. The first-order valence-electron chi connectivity index (χ1n) is 7.47. The molecule has 0 saturated carbocycles. The first-order valence-corrected chi connectivity index (χ1v) is 7.47. The van der Waals surface area contributed by atoms with Crippen LogP contribution in [0.3, 0.4) is 0 Å². The van der Waals surface area contributed by atoms with E-state index in [-0.39, 0.29) is 5.69 Å². The lowest BCUT2D eigenvalue weighted by molar-refractivity contribution is 0.0684. The number of aryl methyl sites for hydroxylation is 2. The van der Waals surface area contributed by atoms with Gasteiger partial charge >= 0.3 is 5.97 Å². The van der Waals surface area contributed by atoms with Crippen LogP contribution in [0, 0.1) is 13.8 Å². The van der Waals surface area contributed by atoms with Crippen molar-refractivity contribution in [1.82, 2.24) is 9.55 Å². The number of benzene rings is 2. The number of aromatic nitrogens is 2. The van der Waals surface area contributed by atoms with Crippen LogP contribution in [0.15, 0.2) is 54.6 Å². The zero-order valence-electron chi connectivity index (χ0n) is 13.2. The van der Waals surface area contributed by atoms with Crippen molar-refractivity contribution in [3.8, 4) is 11.1 Å². The molecule has 0 radical (unpaired) electrons. The third-order valence-electron chi connectivity index (χ3n) is 3.94. The van der Waals surface area contributed by atoms with Gasteiger partial charge in [-0.15, -0.1) is 0 Å². The molecule has 0 aliphatic carbocycles. The molecule has 0 fully saturated rings. The molecular weight excluding hydrogens is 288 g/mol. The molecule has 0 saturated heterocycles. The molecule has 4 nitrogen and oxygen atoms in total. The maximum absolute atomic E-state index is 11.4. The molecule has 0 aliphatic rings. The van der Waals surface area contributed by atoms with Crippen LogP contribution < -0.4 is 0 Å². The topological polar surface area (TPSA) is 55.1 Å². The normalized spacial score (nSPS) is 10.7. The Bertz CT molecular complexity index is 834. The monoisotopic (exact) mass is 306 g/mol. The maximum Gasteiger partial charge on any atom is 0.354 e. The number of imidazole rings is 1. The summed E-state index contributed by atoms with van der Waals surface area (Å²) in [6.07, 6.45) is 0. The lowest BCUT2D eigenvalue weighted by Gasteiger charge is -2.09. The fourth-order valence-corrected chi connectivity index (χ4v) is 2.79. The number of carbonyl (C=O) groups is 1. The summed E-state index contributed by atoms with van der Waals surface area (Å²) in [5.41, 5.74) is 4.17. The highest BCUT2D eigenvalue weighted by molar-refractivity contribution is 5.87. The molecule has 0 amide bonds. The van der Waals surface area contributed by atoms with E-state index in [1.165, 1.54) is 5.56 Å². The SMILES string of the molecule is Cc1nc(C)n(Cc2ccc(-c3ccccc3)cc2)c1C(=O)O. The first kappa shape index (κ1) is 15.0. The van der Waals surface area contributed by atoms with Gasteiger partial charge < -0.3 is 9.67 Å². The number of aromatic carboxylic acids is 1. The van der Waals surface area contributed by atoms with Crippen LogP contribution in [0.5, 0.6) is 0 Å². The van der Waals surface area contributed by atoms with E-state index in [2.05, 4.69) is 29.2 Å². The van der Waals surface area contributed by atoms with E-state index in [4.69, 9.17) is 0 Å². The van der Waals surface area contributed by atoms with Crippen molar-refractivity contribution in [3.63, 3.8) is 0 Å². The minimum Gasteiger partial charge on any atom is -0.477 e. The van der Waals surface area contributed by atoms with Crippen molar-refractivity contribution >= 4 is 5.97 Å². The van der Waals surface area contributed by atoms with Crippen molar-refractivity contribution in [1.29, 1.82) is 0 Å². The molecule has 2 aromatic carbocycles. The lowest BCUT2D eigenvalue weighted by atomic mass is 10.0. The van der Waals surface area contributed by atoms with Crippen LogP contribution in [0.1, 0.15) is 27.6 Å². The van der Waals surface area contributed by atoms with Crippen LogP contribution in [0.25, 0.3) is 11.1 Å². The van der Waals surface area contributed by atoms with Crippen LogP contribution in [-0.4, -0.2) is 20.6 Å². The number of carboxylic acid groups (broad SMARTS) is 1. The minimum atomic E-state index is -0.941. The van der Waals surface area contributed by atoms with E-state index in [9.17, 15) is 9.90 Å². The van der Waals surface area contributed by atoms with Gasteiger partial charge in [-0.3, -0.25) is 0 Å². The van der Waals surface area contributed by atoms with Crippen molar-refractivity contribution in [2.45, 2.75) is 20.4 Å². The summed E-state index contributed by atoms with van der Waals surface area (Å²) < 4.78 is 1.75. The Morgan fingerprint density at radius 2 is 1.61 bits per heavy atom. The van der Waals surface area contributed by atoms with Crippen LogP contribution in [0.2, 0.25) is 0 Å². The Morgan fingerprint density at radius 3 is 2.22 bits per heavy atom. The Balaban J connectivity index is 1.89. The fraction of sp³-hybridized carbons (Fsp3) is 0.158. The summed E-state index contributed by atoms with van der Waals surface area (Å²) in [5, 5.41) is 9.37. The van der Waals surface area contributed by atoms with Crippen molar-refractivity contribution in [3.05, 3.63) is 77.4 Å². The van der Waals surface area contributed by atoms with E-state index < -0.39 is 5.97 Å². The van der Waals surface area contributed by atoms with Crippen molar-refractivity contribution in [2.75, 3.05) is 0 Å². The van der Waals surface area contributed by atoms with E-state index in [1.54, 1.807) is 11.5 Å². The van der Waals surface area contributed by atoms with E-state index in [1.807, 2.05) is 37.3 Å². The third-order valence-corrected chi connectivity index (χ3v) is 3.94. The summed E-state index contributed by atoms with van der Waals surface area (Å²) in [7, 11) is 0. The quantitative estimate of drug-likeness (QED) is 0.795. The maximum atomic E-state index is 11.4. The second-order valence-electron chi connectivity index (χ2n) is 5.55. The lowest BCUT2D eigenvalue weighted by Crippen LogP contribution is -2.11. The van der Waals surface area contributed by atoms with Gasteiger partial charge in [0.2, 0.25) is 0 Å². The summed E-state index contributed by atoms with van der Waals surface area (Å²) in [4.78, 5) is 15.7. The Morgan fingerprint density at radius 1 is 1.00 bits per heavy atom. The van der Waals surface area contributed by atoms with Crippen LogP contribution in [-0.2, 0) is 6.54 Å². The molecule has 0 atom stereocenters. The van der Waals surface area contributed by atoms with Gasteiger partial charge in [0.1, 0.15) is 5.82 Å². The highest BCUT2D eigenvalue weighted by Gasteiger charge is 2.17. The van der Waals surface area contributed by atoms with Crippen LogP contribution in [0.4, 0.5) is 0 Å². The molecule has 0 spiro atoms. The van der Waals surface area contributed by atoms with Crippen molar-refractivity contribution < 1.29 is 9.90 Å². The second-order valence-corrected chi connectivity index (χ2v) is 5.55. The zero-order chi connectivity index (χ0) is 16.4. The largest absolute Gasteiger partial charge is 0.477 e. The van der Waals surface area contributed by atoms with Gasteiger partial charge in [-0.05, 0) is 30.5 Å². The molecule has 4 heteroatoms. The highest BCUT2D eigenvalue weighted by atomic mass is 16.4. The fourth-order valence-electron chi connectivity index (χ4n) is 2.79. The summed E-state index contributed by atoms with van der Waals surface area (Å²) >= 11 is 0. The van der Waals surface area contributed by atoms with Gasteiger partial charge in [0.15, 0.2) is 5.69 Å². The molecule has 3 aromatic rings. The van der Waals surface area contributed by atoms with Gasteiger partial charge in [-0.1, -0.05) is 54.6 Å². The Labute approximate surface area is 135 Å².